The maximum Gasteiger partial charge on any atom is 0.271 e. The van der Waals surface area contributed by atoms with Crippen molar-refractivity contribution in [2.45, 2.75) is 33.7 Å². The zero-order valence-electron chi connectivity index (χ0n) is 10.00. The maximum absolute atomic E-state index is 12.1. The smallest absolute Gasteiger partial charge is 0.271 e. The summed E-state index contributed by atoms with van der Waals surface area (Å²) >= 11 is 0. The lowest BCUT2D eigenvalue weighted by molar-refractivity contribution is 0.0950. The highest BCUT2D eigenvalue weighted by molar-refractivity contribution is 5.94. The first kappa shape index (κ1) is 12.4. The van der Waals surface area contributed by atoms with Gasteiger partial charge in [-0.1, -0.05) is 0 Å². The lowest BCUT2D eigenvalue weighted by Gasteiger charge is -2.16. The molecule has 0 aliphatic rings. The Morgan fingerprint density at radius 1 is 1.44 bits per heavy atom. The van der Waals surface area contributed by atoms with Crippen molar-refractivity contribution in [3.63, 3.8) is 0 Å². The van der Waals surface area contributed by atoms with Crippen molar-refractivity contribution in [3.05, 3.63) is 33.2 Å². The number of aryl methyl sites for hydroxylation is 2. The molecule has 5 heteroatoms. The molecule has 1 amide bonds. The maximum atomic E-state index is 12.1. The molecule has 0 bridgehead atoms. The van der Waals surface area contributed by atoms with Crippen LogP contribution in [0.25, 0.3) is 0 Å². The van der Waals surface area contributed by atoms with Crippen molar-refractivity contribution >= 4 is 5.91 Å². The zero-order chi connectivity index (χ0) is 12.5. The summed E-state index contributed by atoms with van der Waals surface area (Å²) in [6.45, 7) is 7.36. The number of carbonyl (C=O) groups excluding carboxylic acids is 1. The number of carbonyl (C=O) groups is 1. The summed E-state index contributed by atoms with van der Waals surface area (Å²) in [6.07, 6.45) is 0. The minimum Gasteiger partial charge on any atom is -0.310 e. The number of amides is 1. The number of hydrogen-bond donors (Lipinski definition) is 2. The van der Waals surface area contributed by atoms with Crippen molar-refractivity contribution in [2.24, 2.45) is 5.84 Å². The average Bonchev–Trinajstić information content (AvgIpc) is 2.15. The molecule has 0 aliphatic carbocycles. The summed E-state index contributed by atoms with van der Waals surface area (Å²) in [5, 5.41) is 0. The van der Waals surface area contributed by atoms with Crippen LogP contribution in [0.3, 0.4) is 0 Å². The summed E-state index contributed by atoms with van der Waals surface area (Å²) in [5.74, 6) is 4.51. The van der Waals surface area contributed by atoms with E-state index in [1.165, 1.54) is 0 Å². The second-order valence-electron chi connectivity index (χ2n) is 4.09. The molecule has 1 rings (SSSR count). The molecule has 1 aromatic rings. The number of hydrazine groups is 1. The second kappa shape index (κ2) is 4.49. The quantitative estimate of drug-likeness (QED) is 0.439. The molecular weight excluding hydrogens is 206 g/mol. The van der Waals surface area contributed by atoms with Crippen LogP contribution in [0.1, 0.15) is 41.5 Å². The van der Waals surface area contributed by atoms with E-state index in [1.54, 1.807) is 11.5 Å². The predicted molar refractivity (Wildman–Crippen MR) is 62.2 cm³/mol. The minimum absolute atomic E-state index is 0.0115. The first-order chi connectivity index (χ1) is 7.40. The van der Waals surface area contributed by atoms with E-state index in [2.05, 4.69) is 0 Å². The zero-order valence-corrected chi connectivity index (χ0v) is 10.00. The molecule has 88 valence electrons. The van der Waals surface area contributed by atoms with Gasteiger partial charge in [0.15, 0.2) is 0 Å². The van der Waals surface area contributed by atoms with Gasteiger partial charge >= 0.3 is 0 Å². The number of nitrogens with zero attached hydrogens (tertiary/aromatic N) is 1. The number of nitrogens with one attached hydrogen (secondary N) is 1. The van der Waals surface area contributed by atoms with Gasteiger partial charge in [0, 0.05) is 11.7 Å². The molecule has 0 aromatic carbocycles. The van der Waals surface area contributed by atoms with Gasteiger partial charge in [-0.05, 0) is 39.3 Å². The molecule has 1 heterocycles. The fourth-order valence-electron chi connectivity index (χ4n) is 1.89. The fourth-order valence-corrected chi connectivity index (χ4v) is 1.89. The largest absolute Gasteiger partial charge is 0.310 e. The van der Waals surface area contributed by atoms with Crippen LogP contribution in [0.4, 0.5) is 0 Å². The summed E-state index contributed by atoms with van der Waals surface area (Å²) < 4.78 is 1.58. The number of nitrogens with two attached hydrogens (primary N) is 1. The van der Waals surface area contributed by atoms with Gasteiger partial charge in [-0.25, -0.2) is 5.84 Å². The van der Waals surface area contributed by atoms with Crippen LogP contribution in [0.2, 0.25) is 0 Å². The highest BCUT2D eigenvalue weighted by atomic mass is 16.2. The highest BCUT2D eigenvalue weighted by Gasteiger charge is 2.17. The van der Waals surface area contributed by atoms with Crippen LogP contribution >= 0.6 is 0 Å². The van der Waals surface area contributed by atoms with E-state index in [-0.39, 0.29) is 17.2 Å². The van der Waals surface area contributed by atoms with E-state index in [4.69, 9.17) is 5.84 Å². The Bertz CT molecular complexity index is 475. The number of hydrogen-bond acceptors (Lipinski definition) is 3. The van der Waals surface area contributed by atoms with Crippen molar-refractivity contribution in [1.82, 2.24) is 9.99 Å². The molecule has 0 fully saturated rings. The van der Waals surface area contributed by atoms with Gasteiger partial charge in [0.2, 0.25) is 0 Å². The van der Waals surface area contributed by atoms with E-state index in [9.17, 15) is 9.59 Å². The summed E-state index contributed by atoms with van der Waals surface area (Å²) in [5.41, 5.74) is 3.29. The molecule has 0 unspecified atom stereocenters. The summed E-state index contributed by atoms with van der Waals surface area (Å²) in [7, 11) is 0. The number of aromatic nitrogens is 1. The summed E-state index contributed by atoms with van der Waals surface area (Å²) in [4.78, 5) is 23.6. The Kier molecular flexibility index (Phi) is 3.49. The molecule has 0 saturated carbocycles. The van der Waals surface area contributed by atoms with E-state index < -0.39 is 5.91 Å². The Morgan fingerprint density at radius 3 is 2.44 bits per heavy atom. The van der Waals surface area contributed by atoms with Crippen LogP contribution in [0.15, 0.2) is 10.9 Å². The molecule has 16 heavy (non-hydrogen) atoms. The van der Waals surface area contributed by atoms with Crippen molar-refractivity contribution in [3.8, 4) is 0 Å². The van der Waals surface area contributed by atoms with Crippen LogP contribution in [0.5, 0.6) is 0 Å². The average molecular weight is 223 g/mol. The third-order valence-corrected chi connectivity index (χ3v) is 2.51. The molecule has 0 atom stereocenters. The van der Waals surface area contributed by atoms with Gasteiger partial charge in [-0.2, -0.15) is 0 Å². The molecule has 1 aromatic heterocycles. The van der Waals surface area contributed by atoms with Gasteiger partial charge in [-0.3, -0.25) is 15.0 Å². The normalized spacial score (nSPS) is 10.6. The summed E-state index contributed by atoms with van der Waals surface area (Å²) in [6, 6.07) is 1.82. The van der Waals surface area contributed by atoms with Gasteiger partial charge in [0.1, 0.15) is 5.56 Å². The highest BCUT2D eigenvalue weighted by Crippen LogP contribution is 2.10. The third-order valence-electron chi connectivity index (χ3n) is 2.51. The Morgan fingerprint density at radius 2 is 2.00 bits per heavy atom. The topological polar surface area (TPSA) is 77.1 Å². The number of pyridine rings is 1. The van der Waals surface area contributed by atoms with Crippen molar-refractivity contribution in [1.29, 1.82) is 0 Å². The Hall–Kier alpha value is -1.62. The molecular formula is C11H17N3O2. The van der Waals surface area contributed by atoms with Gasteiger partial charge in [0.25, 0.3) is 11.5 Å². The number of rotatable bonds is 2. The Balaban J connectivity index is 3.58. The molecule has 0 saturated heterocycles. The van der Waals surface area contributed by atoms with Gasteiger partial charge in [0.05, 0.1) is 0 Å². The molecule has 0 aliphatic heterocycles. The van der Waals surface area contributed by atoms with Crippen molar-refractivity contribution < 1.29 is 4.79 Å². The van der Waals surface area contributed by atoms with Crippen LogP contribution < -0.4 is 16.8 Å². The molecule has 5 nitrogen and oxygen atoms in total. The van der Waals surface area contributed by atoms with Crippen molar-refractivity contribution in [2.75, 3.05) is 0 Å². The van der Waals surface area contributed by atoms with Gasteiger partial charge in [-0.15, -0.1) is 0 Å². The van der Waals surface area contributed by atoms with Gasteiger partial charge < -0.3 is 4.57 Å². The van der Waals surface area contributed by atoms with Crippen LogP contribution in [-0.4, -0.2) is 10.5 Å². The lowest BCUT2D eigenvalue weighted by atomic mass is 10.1. The molecule has 3 N–H and O–H groups in total. The van der Waals surface area contributed by atoms with E-state index >= 15 is 0 Å². The standard InChI is InChI=1S/C11H17N3O2/c1-6(2)14-8(4)5-7(3)9(11(14)16)10(15)13-12/h5-6H,12H2,1-4H3,(H,13,15). The third kappa shape index (κ3) is 1.99. The monoisotopic (exact) mass is 223 g/mol. The SMILES string of the molecule is Cc1cc(C)n(C(C)C)c(=O)c1C(=O)NN. The minimum atomic E-state index is -0.545. The predicted octanol–water partition coefficient (Wildman–Crippen LogP) is 0.650. The van der Waals surface area contributed by atoms with Crippen LogP contribution in [0, 0.1) is 13.8 Å². The first-order valence-corrected chi connectivity index (χ1v) is 5.13. The molecule has 0 radical (unpaired) electrons. The molecule has 0 spiro atoms. The van der Waals surface area contributed by atoms with E-state index in [0.29, 0.717) is 5.56 Å². The fraction of sp³-hybridized carbons (Fsp3) is 0.455. The first-order valence-electron chi connectivity index (χ1n) is 5.13. The second-order valence-corrected chi connectivity index (χ2v) is 4.09. The van der Waals surface area contributed by atoms with E-state index in [1.807, 2.05) is 32.3 Å². The number of nitrogen functional groups attached to an aromatic ring is 1. The Labute approximate surface area is 94.2 Å². The lowest BCUT2D eigenvalue weighted by Crippen LogP contribution is -2.38. The van der Waals surface area contributed by atoms with E-state index in [0.717, 1.165) is 5.69 Å². The van der Waals surface area contributed by atoms with Crippen LogP contribution in [-0.2, 0) is 0 Å².